The fourth-order valence-corrected chi connectivity index (χ4v) is 1.82. The summed E-state index contributed by atoms with van der Waals surface area (Å²) in [6.45, 7) is 6.10. The number of hydrogen-bond donors (Lipinski definition) is 1. The highest BCUT2D eigenvalue weighted by Crippen LogP contribution is 2.18. The van der Waals surface area contributed by atoms with Crippen molar-refractivity contribution in [2.75, 3.05) is 0 Å². The quantitative estimate of drug-likeness (QED) is 0.921. The molecule has 5 heteroatoms. The minimum Gasteiger partial charge on any atom is -0.324 e. The average Bonchev–Trinajstić information content (AvgIpc) is 2.61. The lowest BCUT2D eigenvalue weighted by Gasteiger charge is -2.07. The van der Waals surface area contributed by atoms with E-state index in [9.17, 15) is 0 Å². The molecule has 1 unspecified atom stereocenters. The van der Waals surface area contributed by atoms with Crippen LogP contribution in [0.1, 0.15) is 29.8 Å². The number of aromatic nitrogens is 2. The second-order valence-corrected chi connectivity index (χ2v) is 4.22. The molecular weight excluding hydrogens is 269 g/mol. The molecule has 1 heterocycles. The summed E-state index contributed by atoms with van der Waals surface area (Å²) in [5, 5.41) is 4.37. The maximum Gasteiger partial charge on any atom is 0.0648 e. The highest BCUT2D eigenvalue weighted by atomic mass is 35.5. The Morgan fingerprint density at radius 1 is 1.11 bits per heavy atom. The van der Waals surface area contributed by atoms with E-state index in [1.807, 2.05) is 24.7 Å². The topological polar surface area (TPSA) is 43.8 Å². The number of halogens is 2. The average molecular weight is 288 g/mol. The summed E-state index contributed by atoms with van der Waals surface area (Å²) < 4.78 is 1.93. The SMILES string of the molecule is Cc1ccc(-n2ncc(C(C)N)c2C)cc1.Cl.Cl. The molecule has 0 amide bonds. The molecule has 0 saturated carbocycles. The zero-order valence-electron chi connectivity index (χ0n) is 10.8. The van der Waals surface area contributed by atoms with E-state index < -0.39 is 0 Å². The van der Waals surface area contributed by atoms with E-state index in [4.69, 9.17) is 5.73 Å². The third-order valence-electron chi connectivity index (χ3n) is 2.82. The monoisotopic (exact) mass is 287 g/mol. The van der Waals surface area contributed by atoms with Gasteiger partial charge in [-0.2, -0.15) is 5.10 Å². The van der Waals surface area contributed by atoms with E-state index >= 15 is 0 Å². The van der Waals surface area contributed by atoms with Crippen molar-refractivity contribution >= 4 is 24.8 Å². The summed E-state index contributed by atoms with van der Waals surface area (Å²) in [6, 6.07) is 8.34. The van der Waals surface area contributed by atoms with Crippen LogP contribution in [0.15, 0.2) is 30.5 Å². The lowest BCUT2D eigenvalue weighted by molar-refractivity contribution is 0.796. The Labute approximate surface area is 120 Å². The van der Waals surface area contributed by atoms with Crippen LogP contribution in [0.5, 0.6) is 0 Å². The lowest BCUT2D eigenvalue weighted by Crippen LogP contribution is -2.07. The molecule has 100 valence electrons. The molecule has 2 aromatic rings. The number of benzene rings is 1. The van der Waals surface area contributed by atoms with Crippen molar-refractivity contribution in [3.8, 4) is 5.69 Å². The van der Waals surface area contributed by atoms with Gasteiger partial charge in [-0.1, -0.05) is 17.7 Å². The van der Waals surface area contributed by atoms with E-state index in [2.05, 4.69) is 36.3 Å². The summed E-state index contributed by atoms with van der Waals surface area (Å²) in [6.07, 6.45) is 1.85. The maximum atomic E-state index is 5.88. The first kappa shape index (κ1) is 17.0. The lowest BCUT2D eigenvalue weighted by atomic mass is 10.1. The van der Waals surface area contributed by atoms with Crippen LogP contribution >= 0.6 is 24.8 Å². The summed E-state index contributed by atoms with van der Waals surface area (Å²) in [7, 11) is 0. The first-order chi connectivity index (χ1) is 7.59. The van der Waals surface area contributed by atoms with E-state index in [0.29, 0.717) is 0 Å². The van der Waals surface area contributed by atoms with E-state index in [-0.39, 0.29) is 30.9 Å². The number of aryl methyl sites for hydroxylation is 1. The molecule has 0 bridgehead atoms. The van der Waals surface area contributed by atoms with Crippen molar-refractivity contribution in [2.45, 2.75) is 26.8 Å². The maximum absolute atomic E-state index is 5.88. The van der Waals surface area contributed by atoms with Crippen LogP contribution in [-0.2, 0) is 0 Å². The van der Waals surface area contributed by atoms with Gasteiger partial charge in [-0.15, -0.1) is 24.8 Å². The van der Waals surface area contributed by atoms with Gasteiger partial charge >= 0.3 is 0 Å². The first-order valence-corrected chi connectivity index (χ1v) is 5.46. The Kier molecular flexibility index (Phi) is 6.39. The fraction of sp³-hybridized carbons (Fsp3) is 0.308. The van der Waals surface area contributed by atoms with Gasteiger partial charge in [-0.05, 0) is 32.9 Å². The van der Waals surface area contributed by atoms with Gasteiger partial charge in [0.1, 0.15) is 0 Å². The fourth-order valence-electron chi connectivity index (χ4n) is 1.82. The zero-order valence-corrected chi connectivity index (χ0v) is 12.4. The van der Waals surface area contributed by atoms with Crippen LogP contribution < -0.4 is 5.73 Å². The van der Waals surface area contributed by atoms with Crippen molar-refractivity contribution in [2.24, 2.45) is 5.73 Å². The Morgan fingerprint density at radius 2 is 1.67 bits per heavy atom. The van der Waals surface area contributed by atoms with Crippen LogP contribution in [0.4, 0.5) is 0 Å². The van der Waals surface area contributed by atoms with E-state index in [1.54, 1.807) is 0 Å². The van der Waals surface area contributed by atoms with Crippen molar-refractivity contribution in [1.29, 1.82) is 0 Å². The van der Waals surface area contributed by atoms with Gasteiger partial charge in [0.2, 0.25) is 0 Å². The predicted octanol–water partition coefficient (Wildman–Crippen LogP) is 3.35. The molecule has 1 aromatic heterocycles. The van der Waals surface area contributed by atoms with Gasteiger partial charge in [0.15, 0.2) is 0 Å². The van der Waals surface area contributed by atoms with Gasteiger partial charge < -0.3 is 5.73 Å². The smallest absolute Gasteiger partial charge is 0.0648 e. The van der Waals surface area contributed by atoms with Crippen LogP contribution in [0, 0.1) is 13.8 Å². The van der Waals surface area contributed by atoms with Crippen molar-refractivity contribution in [3.05, 3.63) is 47.3 Å². The zero-order chi connectivity index (χ0) is 11.7. The molecule has 0 radical (unpaired) electrons. The van der Waals surface area contributed by atoms with Gasteiger partial charge in [0.05, 0.1) is 11.9 Å². The second kappa shape index (κ2) is 6.78. The molecule has 0 aliphatic rings. The predicted molar refractivity (Wildman–Crippen MR) is 80.1 cm³/mol. The minimum atomic E-state index is 0. The number of rotatable bonds is 2. The molecular formula is C13H19Cl2N3. The van der Waals surface area contributed by atoms with E-state index in [0.717, 1.165) is 16.9 Å². The standard InChI is InChI=1S/C13H17N3.2ClH/c1-9-4-6-12(7-5-9)16-11(3)13(8-15-16)10(2)14;;/h4-8,10H,14H2,1-3H3;2*1H. The minimum absolute atomic E-state index is 0. The molecule has 2 N–H and O–H groups in total. The molecule has 0 aliphatic heterocycles. The van der Waals surface area contributed by atoms with Crippen LogP contribution in [0.2, 0.25) is 0 Å². The summed E-state index contributed by atoms with van der Waals surface area (Å²) in [5.74, 6) is 0. The third-order valence-corrected chi connectivity index (χ3v) is 2.82. The van der Waals surface area contributed by atoms with E-state index in [1.165, 1.54) is 5.56 Å². The number of nitrogens with zero attached hydrogens (tertiary/aromatic N) is 2. The number of nitrogens with two attached hydrogens (primary N) is 1. The van der Waals surface area contributed by atoms with Crippen molar-refractivity contribution in [3.63, 3.8) is 0 Å². The Bertz CT molecular complexity index is 489. The normalized spacial score (nSPS) is 11.3. The van der Waals surface area contributed by atoms with Gasteiger partial charge in [-0.25, -0.2) is 4.68 Å². The molecule has 18 heavy (non-hydrogen) atoms. The second-order valence-electron chi connectivity index (χ2n) is 4.22. The van der Waals surface area contributed by atoms with Crippen LogP contribution in [0.3, 0.4) is 0 Å². The first-order valence-electron chi connectivity index (χ1n) is 5.46. The molecule has 0 saturated heterocycles. The van der Waals surface area contributed by atoms with Crippen molar-refractivity contribution < 1.29 is 0 Å². The van der Waals surface area contributed by atoms with Gasteiger partial charge in [-0.3, -0.25) is 0 Å². The summed E-state index contributed by atoms with van der Waals surface area (Å²) in [5.41, 5.74) is 10.4. The Hall–Kier alpha value is -1.03. The molecule has 3 nitrogen and oxygen atoms in total. The molecule has 0 fully saturated rings. The highest BCUT2D eigenvalue weighted by Gasteiger charge is 2.10. The van der Waals surface area contributed by atoms with Crippen LogP contribution in [-0.4, -0.2) is 9.78 Å². The summed E-state index contributed by atoms with van der Waals surface area (Å²) in [4.78, 5) is 0. The third kappa shape index (κ3) is 3.25. The Morgan fingerprint density at radius 3 is 2.11 bits per heavy atom. The molecule has 1 aromatic carbocycles. The molecule has 0 aliphatic carbocycles. The van der Waals surface area contributed by atoms with Gasteiger partial charge in [0.25, 0.3) is 0 Å². The van der Waals surface area contributed by atoms with Gasteiger partial charge in [0, 0.05) is 17.3 Å². The molecule has 2 rings (SSSR count). The number of hydrogen-bond acceptors (Lipinski definition) is 2. The van der Waals surface area contributed by atoms with Crippen LogP contribution in [0.25, 0.3) is 5.69 Å². The largest absolute Gasteiger partial charge is 0.324 e. The van der Waals surface area contributed by atoms with Crippen molar-refractivity contribution in [1.82, 2.24) is 9.78 Å². The molecule has 0 spiro atoms. The summed E-state index contributed by atoms with van der Waals surface area (Å²) >= 11 is 0. The highest BCUT2D eigenvalue weighted by molar-refractivity contribution is 5.85. The molecule has 1 atom stereocenters. The Balaban J connectivity index is 0.00000144.